The summed E-state index contributed by atoms with van der Waals surface area (Å²) in [4.78, 5) is 4.08. The van der Waals surface area contributed by atoms with Gasteiger partial charge in [-0.25, -0.2) is 9.50 Å². The summed E-state index contributed by atoms with van der Waals surface area (Å²) in [6.07, 6.45) is 3.35. The highest BCUT2D eigenvalue weighted by Crippen LogP contribution is 2.13. The fraction of sp³-hybridized carbons (Fsp3) is 0.250. The van der Waals surface area contributed by atoms with Crippen LogP contribution in [0.15, 0.2) is 18.5 Å². The van der Waals surface area contributed by atoms with Gasteiger partial charge in [-0.05, 0) is 0 Å². The van der Waals surface area contributed by atoms with E-state index in [2.05, 4.69) is 10.1 Å². The molecule has 2 aromatic rings. The van der Waals surface area contributed by atoms with E-state index in [9.17, 15) is 5.02 Å². The SMILES string of the molecule is COc1cc(B(C)O)nn2ccnc12. The highest BCUT2D eigenvalue weighted by atomic mass is 16.5. The minimum absolute atomic E-state index is 0.562. The van der Waals surface area contributed by atoms with E-state index >= 15 is 0 Å². The van der Waals surface area contributed by atoms with E-state index in [1.807, 2.05) is 0 Å². The Hall–Kier alpha value is -1.56. The van der Waals surface area contributed by atoms with Crippen LogP contribution in [0.1, 0.15) is 0 Å². The Morgan fingerprint density at radius 3 is 3.00 bits per heavy atom. The predicted octanol–water partition coefficient (Wildman–Crippen LogP) is -0.442. The highest BCUT2D eigenvalue weighted by molar-refractivity contribution is 6.63. The van der Waals surface area contributed by atoms with Crippen molar-refractivity contribution < 1.29 is 9.76 Å². The van der Waals surface area contributed by atoms with Crippen LogP contribution in [0.3, 0.4) is 0 Å². The van der Waals surface area contributed by atoms with E-state index in [1.54, 1.807) is 36.9 Å². The van der Waals surface area contributed by atoms with Gasteiger partial charge in [-0.2, -0.15) is 5.10 Å². The minimum Gasteiger partial charge on any atom is -0.493 e. The first kappa shape index (κ1) is 9.02. The summed E-state index contributed by atoms with van der Waals surface area (Å²) in [6, 6.07) is 1.69. The summed E-state index contributed by atoms with van der Waals surface area (Å²) in [5.74, 6) is 0.612. The lowest BCUT2D eigenvalue weighted by molar-refractivity contribution is 0.416. The van der Waals surface area contributed by atoms with E-state index in [0.29, 0.717) is 17.0 Å². The topological polar surface area (TPSA) is 59.7 Å². The number of ether oxygens (including phenoxy) is 1. The molecule has 72 valence electrons. The van der Waals surface area contributed by atoms with E-state index in [1.165, 1.54) is 0 Å². The van der Waals surface area contributed by atoms with Crippen molar-refractivity contribution in [1.82, 2.24) is 14.6 Å². The van der Waals surface area contributed by atoms with Gasteiger partial charge in [0.2, 0.25) is 0 Å². The van der Waals surface area contributed by atoms with Gasteiger partial charge in [0.15, 0.2) is 11.4 Å². The van der Waals surface area contributed by atoms with E-state index in [-0.39, 0.29) is 0 Å². The van der Waals surface area contributed by atoms with Gasteiger partial charge in [-0.15, -0.1) is 0 Å². The molecule has 0 saturated carbocycles. The summed E-state index contributed by atoms with van der Waals surface area (Å²) in [7, 11) is 1.57. The smallest absolute Gasteiger partial charge is 0.343 e. The van der Waals surface area contributed by atoms with Crippen molar-refractivity contribution in [2.75, 3.05) is 7.11 Å². The molecule has 0 spiro atoms. The maximum atomic E-state index is 9.39. The number of methoxy groups -OCH3 is 1. The van der Waals surface area contributed by atoms with Gasteiger partial charge in [-0.3, -0.25) is 0 Å². The molecule has 0 radical (unpaired) electrons. The third kappa shape index (κ3) is 1.33. The molecule has 0 bridgehead atoms. The summed E-state index contributed by atoms with van der Waals surface area (Å²) in [5.41, 5.74) is 1.21. The van der Waals surface area contributed by atoms with Gasteiger partial charge in [0.1, 0.15) is 0 Å². The number of aromatic nitrogens is 3. The van der Waals surface area contributed by atoms with Crippen molar-refractivity contribution in [1.29, 1.82) is 0 Å². The molecule has 0 aliphatic heterocycles. The Morgan fingerprint density at radius 2 is 2.36 bits per heavy atom. The average Bonchev–Trinajstić information content (AvgIpc) is 2.63. The monoisotopic (exact) mass is 191 g/mol. The number of hydrogen-bond acceptors (Lipinski definition) is 4. The summed E-state index contributed by atoms with van der Waals surface area (Å²) >= 11 is 0. The maximum absolute atomic E-state index is 9.39. The molecule has 0 aliphatic rings. The fourth-order valence-corrected chi connectivity index (χ4v) is 1.26. The zero-order chi connectivity index (χ0) is 10.1. The molecular weight excluding hydrogens is 181 g/mol. The lowest BCUT2D eigenvalue weighted by Gasteiger charge is -2.05. The first-order valence-electron chi connectivity index (χ1n) is 4.28. The average molecular weight is 191 g/mol. The van der Waals surface area contributed by atoms with E-state index in [4.69, 9.17) is 4.74 Å². The van der Waals surface area contributed by atoms with Crippen LogP contribution in [0, 0.1) is 0 Å². The molecular formula is C8H10BN3O2. The predicted molar refractivity (Wildman–Crippen MR) is 53.0 cm³/mol. The molecule has 2 rings (SSSR count). The summed E-state index contributed by atoms with van der Waals surface area (Å²) in [5, 5.41) is 13.6. The van der Waals surface area contributed by atoms with Gasteiger partial charge in [0.05, 0.1) is 12.7 Å². The number of imidazole rings is 1. The van der Waals surface area contributed by atoms with Crippen LogP contribution < -0.4 is 10.3 Å². The maximum Gasteiger partial charge on any atom is 0.343 e. The van der Waals surface area contributed by atoms with E-state index < -0.39 is 6.92 Å². The normalized spacial score (nSPS) is 10.5. The Bertz CT molecular complexity index is 455. The second-order valence-corrected chi connectivity index (χ2v) is 3.01. The first-order chi connectivity index (χ1) is 6.72. The molecule has 0 saturated heterocycles. The second kappa shape index (κ2) is 3.30. The van der Waals surface area contributed by atoms with Crippen molar-refractivity contribution in [2.24, 2.45) is 0 Å². The number of nitrogens with zero attached hydrogens (tertiary/aromatic N) is 3. The Morgan fingerprint density at radius 1 is 1.57 bits per heavy atom. The van der Waals surface area contributed by atoms with Crippen LogP contribution in [-0.4, -0.2) is 33.6 Å². The van der Waals surface area contributed by atoms with Gasteiger partial charge in [0.25, 0.3) is 0 Å². The van der Waals surface area contributed by atoms with Crippen LogP contribution in [0.4, 0.5) is 0 Å². The summed E-state index contributed by atoms with van der Waals surface area (Å²) < 4.78 is 6.73. The number of rotatable bonds is 2. The molecule has 2 aromatic heterocycles. The van der Waals surface area contributed by atoms with E-state index in [0.717, 1.165) is 0 Å². The number of fused-ring (bicyclic) bond motifs is 1. The molecule has 0 fully saturated rings. The minimum atomic E-state index is -0.615. The molecule has 1 N–H and O–H groups in total. The molecule has 5 nitrogen and oxygen atoms in total. The van der Waals surface area contributed by atoms with Gasteiger partial charge in [-0.1, -0.05) is 6.82 Å². The van der Waals surface area contributed by atoms with Gasteiger partial charge in [0, 0.05) is 18.5 Å². The summed E-state index contributed by atoms with van der Waals surface area (Å²) in [6.45, 7) is 1.04. The molecule has 0 atom stereocenters. The second-order valence-electron chi connectivity index (χ2n) is 3.01. The van der Waals surface area contributed by atoms with Crippen molar-refractivity contribution in [3.8, 4) is 5.75 Å². The standard InChI is InChI=1S/C8H10BN3O2/c1-9(13)7-5-6(14-2)8-10-3-4-12(8)11-7/h3-5,13H,1-2H3. The van der Waals surface area contributed by atoms with Crippen LogP contribution in [-0.2, 0) is 0 Å². The molecule has 0 amide bonds. The van der Waals surface area contributed by atoms with Crippen LogP contribution >= 0.6 is 0 Å². The largest absolute Gasteiger partial charge is 0.493 e. The molecule has 2 heterocycles. The van der Waals surface area contributed by atoms with Crippen LogP contribution in [0.2, 0.25) is 6.82 Å². The Balaban J connectivity index is 2.67. The van der Waals surface area contributed by atoms with Crippen molar-refractivity contribution in [3.05, 3.63) is 18.5 Å². The lowest BCUT2D eigenvalue weighted by atomic mass is 9.68. The first-order valence-corrected chi connectivity index (χ1v) is 4.28. The van der Waals surface area contributed by atoms with Crippen molar-refractivity contribution in [3.63, 3.8) is 0 Å². The third-order valence-electron chi connectivity index (χ3n) is 1.99. The Kier molecular flexibility index (Phi) is 2.13. The zero-order valence-corrected chi connectivity index (χ0v) is 8.01. The third-order valence-corrected chi connectivity index (χ3v) is 1.99. The quantitative estimate of drug-likeness (QED) is 0.653. The lowest BCUT2D eigenvalue weighted by Crippen LogP contribution is -2.31. The van der Waals surface area contributed by atoms with Crippen molar-refractivity contribution in [2.45, 2.75) is 6.82 Å². The van der Waals surface area contributed by atoms with Gasteiger partial charge < -0.3 is 9.76 Å². The van der Waals surface area contributed by atoms with Gasteiger partial charge >= 0.3 is 6.92 Å². The zero-order valence-electron chi connectivity index (χ0n) is 8.01. The molecule has 14 heavy (non-hydrogen) atoms. The molecule has 0 aliphatic carbocycles. The number of hydrogen-bond donors (Lipinski definition) is 1. The highest BCUT2D eigenvalue weighted by Gasteiger charge is 2.13. The molecule has 0 unspecified atom stereocenters. The molecule has 6 heteroatoms. The fourth-order valence-electron chi connectivity index (χ4n) is 1.26. The van der Waals surface area contributed by atoms with Crippen LogP contribution in [0.5, 0.6) is 5.75 Å². The molecule has 0 aromatic carbocycles. The van der Waals surface area contributed by atoms with Crippen LogP contribution in [0.25, 0.3) is 5.65 Å². The van der Waals surface area contributed by atoms with Crippen molar-refractivity contribution >= 4 is 18.2 Å². The Labute approximate surface area is 81.5 Å².